The quantitative estimate of drug-likeness (QED) is 0.138. The van der Waals surface area contributed by atoms with E-state index in [9.17, 15) is 0 Å². The van der Waals surface area contributed by atoms with E-state index in [1.807, 2.05) is 177 Å². The monoisotopic (exact) mass is 1350 g/mol. The summed E-state index contributed by atoms with van der Waals surface area (Å²) in [4.78, 5) is 62.8. The molecular formula is C77H56N14O3S4. The van der Waals surface area contributed by atoms with Gasteiger partial charge in [0.15, 0.2) is 27.9 Å². The summed E-state index contributed by atoms with van der Waals surface area (Å²) in [6, 6.07) is 40.1. The van der Waals surface area contributed by atoms with E-state index in [2.05, 4.69) is 112 Å². The molecule has 0 atom stereocenters. The van der Waals surface area contributed by atoms with E-state index in [0.29, 0.717) is 5.71 Å². The van der Waals surface area contributed by atoms with E-state index >= 15 is 0 Å². The molecule has 0 saturated heterocycles. The molecule has 17 nitrogen and oxygen atoms in total. The lowest BCUT2D eigenvalue weighted by atomic mass is 10.2. The largest absolute Gasteiger partial charge is 0.453 e. The first-order valence-electron chi connectivity index (χ1n) is 31.1. The van der Waals surface area contributed by atoms with Crippen molar-refractivity contribution in [3.63, 3.8) is 0 Å². The fourth-order valence-corrected chi connectivity index (χ4v) is 16.0. The Morgan fingerprint density at radius 3 is 1.43 bits per heavy atom. The second-order valence-electron chi connectivity index (χ2n) is 22.7. The summed E-state index contributed by atoms with van der Waals surface area (Å²) in [5.41, 5.74) is 13.9. The Balaban J connectivity index is 0.0000000933. The van der Waals surface area contributed by atoms with Gasteiger partial charge in [0.05, 0.1) is 74.8 Å². The number of pyridine rings is 14. The molecule has 21 aromatic heterocycles. The molecule has 0 aliphatic carbocycles. The molecule has 0 bridgehead atoms. The van der Waals surface area contributed by atoms with Crippen LogP contribution >= 0.6 is 45.3 Å². The molecule has 0 aliphatic rings. The molecule has 21 rings (SSSR count). The van der Waals surface area contributed by atoms with Gasteiger partial charge in [-0.3, -0.25) is 49.8 Å². The van der Waals surface area contributed by atoms with Crippen molar-refractivity contribution in [2.24, 2.45) is 0 Å². The van der Waals surface area contributed by atoms with E-state index in [-0.39, 0.29) is 0 Å². The zero-order valence-electron chi connectivity index (χ0n) is 53.8. The van der Waals surface area contributed by atoms with Gasteiger partial charge in [0.2, 0.25) is 5.71 Å². The summed E-state index contributed by atoms with van der Waals surface area (Å²) in [5.74, 6) is 0. The number of rotatable bonds is 0. The Labute approximate surface area is 574 Å². The predicted octanol–water partition coefficient (Wildman–Crippen LogP) is 20.7. The van der Waals surface area contributed by atoms with Gasteiger partial charge in [-0.2, -0.15) is 0 Å². The fourth-order valence-electron chi connectivity index (χ4n) is 11.6. The number of aromatic nitrogens is 14. The van der Waals surface area contributed by atoms with Crippen LogP contribution in [0.15, 0.2) is 228 Å². The zero-order valence-corrected chi connectivity index (χ0v) is 57.1. The van der Waals surface area contributed by atoms with Crippen molar-refractivity contribution in [3.05, 3.63) is 254 Å². The number of furan rings is 3. The lowest BCUT2D eigenvalue weighted by Gasteiger charge is -1.92. The van der Waals surface area contributed by atoms with Crippen LogP contribution in [0.4, 0.5) is 0 Å². The van der Waals surface area contributed by atoms with Crippen molar-refractivity contribution < 1.29 is 13.3 Å². The van der Waals surface area contributed by atoms with Crippen LogP contribution in [-0.2, 0) is 0 Å². The van der Waals surface area contributed by atoms with Crippen LogP contribution in [0, 0.1) is 48.5 Å². The smallest absolute Gasteiger partial charge is 0.227 e. The van der Waals surface area contributed by atoms with Crippen LogP contribution in [0.1, 0.15) is 39.9 Å². The van der Waals surface area contributed by atoms with Gasteiger partial charge in [0.1, 0.15) is 20.0 Å². The molecule has 0 amide bonds. The van der Waals surface area contributed by atoms with Crippen molar-refractivity contribution in [2.45, 2.75) is 48.5 Å². The van der Waals surface area contributed by atoms with Gasteiger partial charge in [0, 0.05) is 152 Å². The summed E-state index contributed by atoms with van der Waals surface area (Å²) in [6.45, 7) is 13.9. The van der Waals surface area contributed by atoms with Crippen molar-refractivity contribution in [3.8, 4) is 0 Å². The predicted molar refractivity (Wildman–Crippen MR) is 401 cm³/mol. The molecule has 0 saturated carbocycles. The van der Waals surface area contributed by atoms with Crippen molar-refractivity contribution >= 4 is 193 Å². The highest BCUT2D eigenvalue weighted by Gasteiger charge is 2.14. The molecule has 21 heteroatoms. The maximum Gasteiger partial charge on any atom is 0.227 e. The lowest BCUT2D eigenvalue weighted by Crippen LogP contribution is -1.78. The third-order valence-electron chi connectivity index (χ3n) is 16.3. The van der Waals surface area contributed by atoms with E-state index in [1.54, 1.807) is 88.7 Å². The number of hydrogen-bond acceptors (Lipinski definition) is 21. The van der Waals surface area contributed by atoms with Gasteiger partial charge in [0.25, 0.3) is 0 Å². The molecule has 21 heterocycles. The first-order valence-corrected chi connectivity index (χ1v) is 34.4. The van der Waals surface area contributed by atoms with E-state index in [4.69, 9.17) is 13.3 Å². The Kier molecular flexibility index (Phi) is 17.4. The first-order chi connectivity index (χ1) is 48.0. The number of nitrogens with zero attached hydrogens (tertiary/aromatic N) is 14. The molecule has 0 radical (unpaired) electrons. The third-order valence-corrected chi connectivity index (χ3v) is 21.1. The zero-order chi connectivity index (χ0) is 66.8. The standard InChI is InChI=1S/3C11H8N2O.4C11H8N2S/c1-7-11-9(3-5-13-7)8-2-4-12-6-10(8)14-11;1-7-11-8(4-6-12-7)10-9(14-11)3-2-5-13-10;1-7-10-8(4-6-12-7)9-3-2-5-13-11(9)14-10;1-7-11-9(3-5-13-7)8-2-4-12-6-10(8)14-11;1-7-4-5-9-8-3-2-6-12-10(8)14-11(9)13-7;1-7-11-8(4-6-12-7)10-9(14-11)3-2-5-13-10;1-7-10-8(4-6-12-7)9-3-2-5-13-11(9)14-10/h7*2-6H,1H3. The normalized spacial score (nSPS) is 11.2. The minimum atomic E-state index is 0.679. The molecule has 0 aliphatic heterocycles. The lowest BCUT2D eigenvalue weighted by molar-refractivity contribution is 0.648. The Hall–Kier alpha value is -11.6. The average Bonchev–Trinajstić information content (AvgIpc) is 1.47. The van der Waals surface area contributed by atoms with Gasteiger partial charge in [-0.15, -0.1) is 34.0 Å². The molecule has 0 fully saturated rings. The first kappa shape index (κ1) is 62.5. The van der Waals surface area contributed by atoms with Crippen molar-refractivity contribution in [1.82, 2.24) is 69.8 Å². The highest BCUT2D eigenvalue weighted by molar-refractivity contribution is 7.26. The molecule has 21 aromatic rings. The van der Waals surface area contributed by atoms with E-state index < -0.39 is 0 Å². The number of hydrogen-bond donors (Lipinski definition) is 0. The maximum absolute atomic E-state index is 5.66. The summed E-state index contributed by atoms with van der Waals surface area (Å²) in [6.07, 6.45) is 27.2. The highest BCUT2D eigenvalue weighted by Crippen LogP contribution is 2.37. The minimum Gasteiger partial charge on any atom is -0.453 e. The van der Waals surface area contributed by atoms with Crippen LogP contribution in [0.2, 0.25) is 0 Å². The fraction of sp³-hybridized carbons (Fsp3) is 0.0909. The molecule has 476 valence electrons. The Morgan fingerprint density at radius 2 is 0.724 bits per heavy atom. The summed E-state index contributed by atoms with van der Waals surface area (Å²) in [7, 11) is 0. The Bertz CT molecular complexity index is 5630. The Morgan fingerprint density at radius 1 is 0.265 bits per heavy atom. The summed E-state index contributed by atoms with van der Waals surface area (Å²) >= 11 is 6.89. The van der Waals surface area contributed by atoms with Crippen molar-refractivity contribution in [1.29, 1.82) is 0 Å². The molecule has 0 N–H and O–H groups in total. The van der Waals surface area contributed by atoms with Crippen LogP contribution in [0.3, 0.4) is 0 Å². The summed E-state index contributed by atoms with van der Waals surface area (Å²) < 4.78 is 23.2. The topological polar surface area (TPSA) is 220 Å². The molecule has 0 spiro atoms. The molecular weight excluding hydrogens is 1300 g/mol. The van der Waals surface area contributed by atoms with Crippen LogP contribution in [0.25, 0.3) is 147 Å². The molecule has 0 aromatic carbocycles. The maximum atomic E-state index is 5.66. The van der Waals surface area contributed by atoms with E-state index in [0.717, 1.165) is 120 Å². The van der Waals surface area contributed by atoms with Gasteiger partial charge in [-0.05, 0) is 170 Å². The highest BCUT2D eigenvalue weighted by atomic mass is 32.1. The minimum absolute atomic E-state index is 0.679. The average molecular weight is 1350 g/mol. The SMILES string of the molecule is Cc1ccc2c(n1)sc1ncccc12.Cc1nccc2c1oc1cccnc12.Cc1nccc2c1oc1cnccc12.Cc1nccc2c1oc1ncccc12.Cc1nccc2c1sc1cccnc12.Cc1nccc2c1sc1cnccc12.Cc1nccc2c1sc1ncccc12. The van der Waals surface area contributed by atoms with Gasteiger partial charge < -0.3 is 13.3 Å². The molecule has 98 heavy (non-hydrogen) atoms. The number of aryl methyl sites for hydroxylation is 7. The summed E-state index contributed by atoms with van der Waals surface area (Å²) in [5, 5.41) is 14.1. The number of fused-ring (bicyclic) bond motifs is 21. The van der Waals surface area contributed by atoms with Crippen LogP contribution in [-0.4, -0.2) is 69.8 Å². The third kappa shape index (κ3) is 12.3. The van der Waals surface area contributed by atoms with Crippen molar-refractivity contribution in [2.75, 3.05) is 0 Å². The number of thiophene rings is 4. The van der Waals surface area contributed by atoms with Crippen LogP contribution < -0.4 is 0 Å². The van der Waals surface area contributed by atoms with Gasteiger partial charge in [-0.1, -0.05) is 11.3 Å². The second-order valence-corrected chi connectivity index (χ2v) is 26.8. The second kappa shape index (κ2) is 27.2. The van der Waals surface area contributed by atoms with E-state index in [1.165, 1.54) is 61.2 Å². The molecule has 0 unspecified atom stereocenters. The van der Waals surface area contributed by atoms with Gasteiger partial charge in [-0.25, -0.2) is 19.9 Å². The van der Waals surface area contributed by atoms with Crippen LogP contribution in [0.5, 0.6) is 0 Å². The van der Waals surface area contributed by atoms with Gasteiger partial charge >= 0.3 is 0 Å².